The highest BCUT2D eigenvalue weighted by Gasteiger charge is 2.62. The molecule has 0 radical (unpaired) electrons. The fourth-order valence-electron chi connectivity index (χ4n) is 20.6. The zero-order valence-electron chi connectivity index (χ0n) is 64.6. The Labute approximate surface area is 658 Å². The Hall–Kier alpha value is -4.19. The number of halogens is 6. The first-order valence-electron chi connectivity index (χ1n) is 36.7. The molecule has 0 saturated heterocycles. The summed E-state index contributed by atoms with van der Waals surface area (Å²) in [6.45, 7) is 29.6. The van der Waals surface area contributed by atoms with Crippen LogP contribution >= 0.6 is 70.5 Å². The number of aromatic nitrogens is 4. The van der Waals surface area contributed by atoms with Crippen LogP contribution in [0.2, 0.25) is 0 Å². The number of benzene rings is 3. The first kappa shape index (κ1) is 88.7. The van der Waals surface area contributed by atoms with Crippen molar-refractivity contribution in [3.8, 4) is 34.5 Å². The molecule has 16 nitrogen and oxygen atoms in total. The van der Waals surface area contributed by atoms with Gasteiger partial charge < -0.3 is 38.3 Å². The zero-order chi connectivity index (χ0) is 77.7. The second-order valence-electron chi connectivity index (χ2n) is 32.6. The van der Waals surface area contributed by atoms with Crippen molar-refractivity contribution in [3.63, 3.8) is 0 Å². The van der Waals surface area contributed by atoms with E-state index in [0.29, 0.717) is 69.3 Å². The number of rotatable bonds is 17. The predicted octanol–water partition coefficient (Wildman–Crippen LogP) is 20.9. The van der Waals surface area contributed by atoms with E-state index < -0.39 is 17.3 Å². The van der Waals surface area contributed by atoms with Crippen LogP contribution in [0.3, 0.4) is 0 Å². The van der Waals surface area contributed by atoms with Crippen LogP contribution in [0.5, 0.6) is 34.5 Å². The number of aromatic hydroxyl groups is 2. The lowest BCUT2D eigenvalue weighted by molar-refractivity contribution is -0.107. The number of carbonyl (C=O) groups excluding carboxylic acids is 3. The van der Waals surface area contributed by atoms with Crippen LogP contribution in [0.4, 0.5) is 4.39 Å². The molecule has 6 aliphatic carbocycles. The lowest BCUT2D eigenvalue weighted by Gasteiger charge is -2.60. The molecule has 582 valence electrons. The van der Waals surface area contributed by atoms with Crippen molar-refractivity contribution in [3.05, 3.63) is 109 Å². The van der Waals surface area contributed by atoms with Gasteiger partial charge in [-0.3, -0.25) is 23.0 Å². The monoisotopic (exact) mass is 1700 g/mol. The number of alkyl halides is 3. The number of Topliss-reactive ketones (excluding diaryl/α,β-unsaturated/α-hetero) is 3. The SMILES string of the molecule is BrB(Br)Br.C.COc1cc(OC)cc(C(=O)[C@H]2[C@H](C)[C@@H](COS(C)(=O)=O)CC3C(C)(C)CCC[C@@]32C)c1.COc1cc(OC)cc(C(=O)[C@H]2[C@H](C)[C@@H](Cn3ccnc3)CC3C(C)(C)CCC[C@@]32C)c1.C[C@@H]1[C@@H](Cn2ccnc2)CC2C(C)(C)CCC[C@]2(C)[C@H]1C(=O)c1cc(O)cc(O)c1.ClCCl.[2H]CF. The Bertz CT molecular complexity index is 3640. The van der Waals surface area contributed by atoms with Crippen LogP contribution in [-0.4, -0.2) is 112 Å². The Morgan fingerprint density at radius 2 is 0.837 bits per heavy atom. The average molecular weight is 1700 g/mol. The molecule has 6 aliphatic rings. The van der Waals surface area contributed by atoms with E-state index in [0.717, 1.165) is 77.1 Å². The molecule has 2 heterocycles. The summed E-state index contributed by atoms with van der Waals surface area (Å²) in [4.78, 5) is 50.7. The summed E-state index contributed by atoms with van der Waals surface area (Å²) in [6, 6.07) is 15.2. The summed E-state index contributed by atoms with van der Waals surface area (Å²) in [5.41, 5.74) is 1.89. The third-order valence-corrected chi connectivity index (χ3v) is 25.8. The van der Waals surface area contributed by atoms with Crippen LogP contribution in [0, 0.1) is 104 Å². The normalized spacial score (nSPS) is 29.7. The number of phenols is 2. The molecule has 0 bridgehead atoms. The topological polar surface area (TPSA) is 208 Å². The maximum Gasteiger partial charge on any atom is 0.369 e. The second kappa shape index (κ2) is 38.4. The Morgan fingerprint density at radius 3 is 1.11 bits per heavy atom. The van der Waals surface area contributed by atoms with Crippen molar-refractivity contribution in [2.75, 3.05) is 53.8 Å². The summed E-state index contributed by atoms with van der Waals surface area (Å²) < 4.78 is 70.5. The van der Waals surface area contributed by atoms with Crippen molar-refractivity contribution >= 4 is 101 Å². The number of nitrogens with zero attached hydrogens (tertiary/aromatic N) is 4. The highest BCUT2D eigenvalue weighted by molar-refractivity contribution is 9.69. The van der Waals surface area contributed by atoms with E-state index in [1.54, 1.807) is 52.8 Å². The highest BCUT2D eigenvalue weighted by Crippen LogP contribution is 2.66. The van der Waals surface area contributed by atoms with E-state index in [1.165, 1.54) is 37.5 Å². The van der Waals surface area contributed by atoms with Crippen molar-refractivity contribution in [1.29, 1.82) is 0 Å². The standard InChI is InChI=1S/C27H38N2O3.C25H34N2O3.C25H38O6S.CH2Cl2.CH3F.CH4.BBr3/c1-18-20(16-29-11-10-28-17-29)14-23-26(2,3)8-7-9-27(23,4)24(18)25(30)19-12-21(31-5)15-22(13-19)32-6;1-16-18(14-27-9-8-26-15-27)12-21-24(2,3)6-5-7-25(21,4)22(16)23(30)17-10-19(28)13-20(29)11-17;1-16-18(15-31-32(7,27)28)13-21-24(2,3)9-8-10-25(21,4)22(16)23(26)17-11-19(29-5)14-20(12-17)30-6;2-1-3;1-2;;2-1(3)4/h10-13,15,17-18,20,23-24H,7-9,14,16H2,1-6H3;8-11,13,15-16,18,21-22,28-29H,5-7,12,14H2,1-4H3;11-12,14,16,18,21-22H,8-10,13,15H2,1-7H3;1H2;1H3;1H4;/t18-,20-,23?,24-,27+;2*16-,18-,21?,22-,25+;;;;/m111..../s1/i;;;;1D;;. The third kappa shape index (κ3) is 21.6. The van der Waals surface area contributed by atoms with E-state index in [4.69, 9.17) is 47.7 Å². The molecule has 6 saturated carbocycles. The highest BCUT2D eigenvalue weighted by atomic mass is 79.9. The number of hydrogen-bond acceptors (Lipinski definition) is 14. The smallest absolute Gasteiger partial charge is 0.369 e. The maximum absolute atomic E-state index is 14.2. The van der Waals surface area contributed by atoms with E-state index in [9.17, 15) is 37.4 Å². The van der Waals surface area contributed by atoms with Crippen molar-refractivity contribution in [1.82, 2.24) is 19.1 Å². The minimum absolute atomic E-state index is 0. The molecule has 0 aliphatic heterocycles. The number of ether oxygens (including phenoxy) is 4. The van der Waals surface area contributed by atoms with Gasteiger partial charge in [0.15, 0.2) is 17.3 Å². The van der Waals surface area contributed by atoms with Crippen LogP contribution < -0.4 is 18.9 Å². The number of methoxy groups -OCH3 is 4. The summed E-state index contributed by atoms with van der Waals surface area (Å²) in [5, 5.41) is 20.2. The van der Waals surface area contributed by atoms with Crippen molar-refractivity contribution in [2.24, 2.45) is 104 Å². The number of ketones is 3. The summed E-state index contributed by atoms with van der Waals surface area (Å²) in [5.74, 6) is 4.78. The Morgan fingerprint density at radius 1 is 0.558 bits per heavy atom. The van der Waals surface area contributed by atoms with Crippen LogP contribution in [0.25, 0.3) is 0 Å². The maximum atomic E-state index is 14.2. The molecule has 0 spiro atoms. The Balaban J connectivity index is 0.000000264. The molecule has 0 amide bonds. The average Bonchev–Trinajstić information content (AvgIpc) is 1.10. The molecular weight excluding hydrogens is 1580 g/mol. The lowest BCUT2D eigenvalue weighted by Crippen LogP contribution is -2.56. The van der Waals surface area contributed by atoms with Gasteiger partial charge in [-0.15, -0.1) is 70.5 Å². The molecule has 5 aromatic rings. The van der Waals surface area contributed by atoms with Gasteiger partial charge in [0, 0.05) is 90.5 Å². The van der Waals surface area contributed by atoms with Crippen molar-refractivity contribution < 1.29 is 61.9 Å². The number of hydrogen-bond donors (Lipinski definition) is 2. The van der Waals surface area contributed by atoms with Gasteiger partial charge in [0.2, 0.25) is 0 Å². The van der Waals surface area contributed by atoms with Gasteiger partial charge in [-0.05, 0) is 180 Å². The van der Waals surface area contributed by atoms with Crippen LogP contribution in [0.1, 0.15) is 200 Å². The minimum Gasteiger partial charge on any atom is -0.508 e. The van der Waals surface area contributed by atoms with E-state index >= 15 is 0 Å². The van der Waals surface area contributed by atoms with Crippen LogP contribution in [0.15, 0.2) is 92.0 Å². The third-order valence-electron chi connectivity index (χ3n) is 25.2. The molecule has 2 N–H and O–H groups in total. The number of carbonyl (C=O) groups is 3. The number of fused-ring (bicyclic) bond motifs is 3. The summed E-state index contributed by atoms with van der Waals surface area (Å²) >= 11 is 18.8. The molecule has 24 heteroatoms. The largest absolute Gasteiger partial charge is 0.508 e. The van der Waals surface area contributed by atoms with Gasteiger partial charge in [-0.1, -0.05) is 110 Å². The number of phenolic OH excluding ortho intramolecular Hbond substituents is 2. The first-order valence-corrected chi connectivity index (χ1v) is 41.6. The second-order valence-corrected chi connectivity index (χ2v) is 41.5. The van der Waals surface area contributed by atoms with Gasteiger partial charge in [0.05, 0.1) is 67.8 Å². The lowest BCUT2D eigenvalue weighted by atomic mass is 9.44. The van der Waals surface area contributed by atoms with Gasteiger partial charge in [0.1, 0.15) is 34.5 Å². The molecule has 6 fully saturated rings. The Kier molecular flexibility index (Phi) is 32.8. The summed E-state index contributed by atoms with van der Waals surface area (Å²) in [7, 11) is 1.87. The predicted molar refractivity (Wildman–Crippen MR) is 430 cm³/mol. The van der Waals surface area contributed by atoms with Gasteiger partial charge in [0.25, 0.3) is 10.1 Å². The molecule has 2 aromatic heterocycles. The molecule has 11 rings (SSSR count). The first-order chi connectivity index (χ1) is 48.7. The zero-order valence-corrected chi connectivity index (χ0v) is 70.7. The van der Waals surface area contributed by atoms with Gasteiger partial charge in [-0.25, -0.2) is 9.97 Å². The molecule has 3 unspecified atom stereocenters. The number of imidazole rings is 2. The molecule has 3 aromatic carbocycles. The van der Waals surface area contributed by atoms with Gasteiger partial charge >= 0.3 is 3.18 Å². The fraction of sp³-hybridized carbons (Fsp3) is 0.662. The fourth-order valence-corrected chi connectivity index (χ4v) is 21.0. The quantitative estimate of drug-likeness (QED) is 0.0384. The van der Waals surface area contributed by atoms with E-state index in [2.05, 4.69) is 149 Å². The minimum atomic E-state index is -3.55. The van der Waals surface area contributed by atoms with E-state index in [1.807, 2.05) is 49.4 Å². The summed E-state index contributed by atoms with van der Waals surface area (Å²) in [6.07, 6.45) is 25.7. The van der Waals surface area contributed by atoms with Gasteiger partial charge in [-0.2, -0.15) is 8.42 Å². The van der Waals surface area contributed by atoms with Crippen molar-refractivity contribution in [2.45, 2.75) is 181 Å². The molecule has 104 heavy (non-hydrogen) atoms. The molecular formula is C80H119BBr3Cl2FN4O12S. The molecule has 15 atom stereocenters. The van der Waals surface area contributed by atoms with E-state index in [-0.39, 0.29) is 125 Å². The van der Waals surface area contributed by atoms with Crippen LogP contribution in [-0.2, 0) is 27.4 Å².